The van der Waals surface area contributed by atoms with Crippen LogP contribution in [0.3, 0.4) is 0 Å². The SMILES string of the molecule is CC(C)[C@@H]1CC12CCS(=O)(=O)CC2. The van der Waals surface area contributed by atoms with E-state index in [1.54, 1.807) is 0 Å². The van der Waals surface area contributed by atoms with E-state index in [0.29, 0.717) is 16.9 Å². The van der Waals surface area contributed by atoms with Crippen LogP contribution in [0.1, 0.15) is 33.1 Å². The Labute approximate surface area is 80.6 Å². The molecule has 2 rings (SSSR count). The molecule has 0 unspecified atom stereocenters. The zero-order chi connectivity index (χ0) is 9.69. The standard InChI is InChI=1S/C10H18O2S/c1-8(2)9-7-10(9)3-5-13(11,12)6-4-10/h8-9H,3-7H2,1-2H3/t9-/m0/s1. The third-order valence-corrected chi connectivity index (χ3v) is 5.53. The molecule has 1 saturated heterocycles. The summed E-state index contributed by atoms with van der Waals surface area (Å²) in [6, 6.07) is 0. The third kappa shape index (κ3) is 1.63. The average molecular weight is 202 g/mol. The van der Waals surface area contributed by atoms with E-state index in [9.17, 15) is 8.42 Å². The van der Waals surface area contributed by atoms with Crippen molar-refractivity contribution in [2.75, 3.05) is 11.5 Å². The van der Waals surface area contributed by atoms with Crippen LogP contribution < -0.4 is 0 Å². The quantitative estimate of drug-likeness (QED) is 0.650. The lowest BCUT2D eigenvalue weighted by Gasteiger charge is -2.23. The first-order valence-electron chi connectivity index (χ1n) is 5.16. The van der Waals surface area contributed by atoms with Gasteiger partial charge >= 0.3 is 0 Å². The van der Waals surface area contributed by atoms with Crippen LogP contribution in [0.2, 0.25) is 0 Å². The van der Waals surface area contributed by atoms with Crippen molar-refractivity contribution in [2.24, 2.45) is 17.3 Å². The topological polar surface area (TPSA) is 34.1 Å². The molecule has 1 atom stereocenters. The molecule has 0 bridgehead atoms. The van der Waals surface area contributed by atoms with Crippen molar-refractivity contribution >= 4 is 9.84 Å². The van der Waals surface area contributed by atoms with Gasteiger partial charge in [0.15, 0.2) is 0 Å². The van der Waals surface area contributed by atoms with E-state index in [1.165, 1.54) is 6.42 Å². The predicted molar refractivity (Wildman–Crippen MR) is 53.3 cm³/mol. The molecule has 1 spiro atoms. The van der Waals surface area contributed by atoms with Crippen LogP contribution in [-0.2, 0) is 9.84 Å². The Kier molecular flexibility index (Phi) is 1.99. The van der Waals surface area contributed by atoms with E-state index >= 15 is 0 Å². The lowest BCUT2D eigenvalue weighted by molar-refractivity contribution is 0.358. The highest BCUT2D eigenvalue weighted by atomic mass is 32.2. The lowest BCUT2D eigenvalue weighted by atomic mass is 9.92. The molecular formula is C10H18O2S. The molecule has 1 aliphatic carbocycles. The highest BCUT2D eigenvalue weighted by Crippen LogP contribution is 2.62. The zero-order valence-corrected chi connectivity index (χ0v) is 9.23. The Morgan fingerprint density at radius 3 is 2.15 bits per heavy atom. The van der Waals surface area contributed by atoms with Crippen molar-refractivity contribution in [1.29, 1.82) is 0 Å². The van der Waals surface area contributed by atoms with E-state index in [1.807, 2.05) is 0 Å². The van der Waals surface area contributed by atoms with E-state index in [0.717, 1.165) is 24.7 Å². The minimum absolute atomic E-state index is 0.441. The molecule has 2 aliphatic rings. The van der Waals surface area contributed by atoms with Gasteiger partial charge in [-0.3, -0.25) is 0 Å². The summed E-state index contributed by atoms with van der Waals surface area (Å²) in [5, 5.41) is 0. The molecule has 0 aromatic rings. The van der Waals surface area contributed by atoms with Crippen LogP contribution >= 0.6 is 0 Å². The lowest BCUT2D eigenvalue weighted by Crippen LogP contribution is -2.26. The first-order valence-corrected chi connectivity index (χ1v) is 6.98. The van der Waals surface area contributed by atoms with Gasteiger partial charge in [-0.05, 0) is 36.5 Å². The third-order valence-electron chi connectivity index (χ3n) is 3.88. The second kappa shape index (κ2) is 2.72. The molecule has 0 N–H and O–H groups in total. The van der Waals surface area contributed by atoms with Gasteiger partial charge in [0.1, 0.15) is 9.84 Å². The first-order chi connectivity index (χ1) is 5.95. The van der Waals surface area contributed by atoms with Gasteiger partial charge < -0.3 is 0 Å². The van der Waals surface area contributed by atoms with E-state index in [4.69, 9.17) is 0 Å². The van der Waals surface area contributed by atoms with E-state index in [-0.39, 0.29) is 0 Å². The van der Waals surface area contributed by atoms with Crippen molar-refractivity contribution in [3.63, 3.8) is 0 Å². The van der Waals surface area contributed by atoms with Crippen molar-refractivity contribution < 1.29 is 8.42 Å². The first kappa shape index (κ1) is 9.50. The van der Waals surface area contributed by atoms with Crippen molar-refractivity contribution in [3.05, 3.63) is 0 Å². The molecule has 76 valence electrons. The van der Waals surface area contributed by atoms with Gasteiger partial charge in [-0.2, -0.15) is 0 Å². The summed E-state index contributed by atoms with van der Waals surface area (Å²) in [5.41, 5.74) is 0.444. The maximum Gasteiger partial charge on any atom is 0.150 e. The minimum Gasteiger partial charge on any atom is -0.229 e. The normalized spacial score (nSPS) is 35.2. The predicted octanol–water partition coefficient (Wildman–Crippen LogP) is 1.86. The zero-order valence-electron chi connectivity index (χ0n) is 8.41. The molecule has 1 saturated carbocycles. The van der Waals surface area contributed by atoms with E-state index in [2.05, 4.69) is 13.8 Å². The van der Waals surface area contributed by atoms with Gasteiger partial charge in [-0.15, -0.1) is 0 Å². The Bertz CT molecular complexity index is 289. The molecule has 1 aliphatic heterocycles. The highest BCUT2D eigenvalue weighted by molar-refractivity contribution is 7.91. The van der Waals surface area contributed by atoms with Gasteiger partial charge in [-0.1, -0.05) is 13.8 Å². The summed E-state index contributed by atoms with van der Waals surface area (Å²) in [6.45, 7) is 4.51. The van der Waals surface area contributed by atoms with E-state index < -0.39 is 9.84 Å². The van der Waals surface area contributed by atoms with Crippen molar-refractivity contribution in [2.45, 2.75) is 33.1 Å². The number of sulfone groups is 1. The van der Waals surface area contributed by atoms with Gasteiger partial charge in [0.05, 0.1) is 11.5 Å². The number of hydrogen-bond acceptors (Lipinski definition) is 2. The fourth-order valence-corrected chi connectivity index (χ4v) is 4.48. The smallest absolute Gasteiger partial charge is 0.150 e. The molecule has 1 heterocycles. The van der Waals surface area contributed by atoms with Gasteiger partial charge in [0, 0.05) is 0 Å². The Morgan fingerprint density at radius 1 is 1.23 bits per heavy atom. The Hall–Kier alpha value is -0.0500. The number of rotatable bonds is 1. The maximum atomic E-state index is 11.2. The number of hydrogen-bond donors (Lipinski definition) is 0. The second-order valence-corrected chi connectivity index (χ2v) is 7.37. The van der Waals surface area contributed by atoms with Crippen molar-refractivity contribution in [3.8, 4) is 0 Å². The molecule has 3 heteroatoms. The maximum absolute atomic E-state index is 11.2. The largest absolute Gasteiger partial charge is 0.229 e. The molecule has 0 aromatic carbocycles. The Morgan fingerprint density at radius 2 is 1.77 bits per heavy atom. The summed E-state index contributed by atoms with van der Waals surface area (Å²) in [6.07, 6.45) is 3.14. The Balaban J connectivity index is 2.01. The molecular weight excluding hydrogens is 184 g/mol. The van der Waals surface area contributed by atoms with Crippen LogP contribution in [0.25, 0.3) is 0 Å². The summed E-state index contributed by atoms with van der Waals surface area (Å²) in [7, 11) is -2.66. The minimum atomic E-state index is -2.66. The highest BCUT2D eigenvalue weighted by Gasteiger charge is 2.56. The fraction of sp³-hybridized carbons (Fsp3) is 1.00. The summed E-state index contributed by atoms with van der Waals surface area (Å²) >= 11 is 0. The molecule has 0 amide bonds. The van der Waals surface area contributed by atoms with Gasteiger partial charge in [0.2, 0.25) is 0 Å². The van der Waals surface area contributed by atoms with Crippen LogP contribution in [-0.4, -0.2) is 19.9 Å². The van der Waals surface area contributed by atoms with Crippen LogP contribution in [0, 0.1) is 17.3 Å². The molecule has 2 fully saturated rings. The summed E-state index contributed by atoms with van der Waals surface area (Å²) < 4.78 is 22.5. The molecule has 2 nitrogen and oxygen atoms in total. The van der Waals surface area contributed by atoms with Crippen LogP contribution in [0.15, 0.2) is 0 Å². The van der Waals surface area contributed by atoms with Crippen LogP contribution in [0.4, 0.5) is 0 Å². The van der Waals surface area contributed by atoms with Crippen molar-refractivity contribution in [1.82, 2.24) is 0 Å². The average Bonchev–Trinajstić information content (AvgIpc) is 2.72. The molecule has 13 heavy (non-hydrogen) atoms. The molecule has 0 radical (unpaired) electrons. The molecule has 0 aromatic heterocycles. The summed E-state index contributed by atoms with van der Waals surface area (Å²) in [4.78, 5) is 0. The van der Waals surface area contributed by atoms with Crippen LogP contribution in [0.5, 0.6) is 0 Å². The van der Waals surface area contributed by atoms with Gasteiger partial charge in [0.25, 0.3) is 0 Å². The monoisotopic (exact) mass is 202 g/mol. The second-order valence-electron chi connectivity index (χ2n) is 5.07. The summed E-state index contributed by atoms with van der Waals surface area (Å²) in [5.74, 6) is 2.43. The fourth-order valence-electron chi connectivity index (χ4n) is 2.84. The van der Waals surface area contributed by atoms with Gasteiger partial charge in [-0.25, -0.2) is 8.42 Å².